The number of benzene rings is 2. The van der Waals surface area contributed by atoms with Crippen LogP contribution in [0.4, 0.5) is 13.2 Å². The van der Waals surface area contributed by atoms with E-state index in [4.69, 9.17) is 5.11 Å². The molecule has 0 aliphatic carbocycles. The molecular formula is C28H33F3N4O. The maximum atomic E-state index is 13.4. The van der Waals surface area contributed by atoms with Gasteiger partial charge in [0, 0.05) is 66.4 Å². The molecule has 8 heteroatoms. The summed E-state index contributed by atoms with van der Waals surface area (Å²) in [6.07, 6.45) is 2.71. The van der Waals surface area contributed by atoms with Crippen molar-refractivity contribution in [2.24, 2.45) is 5.92 Å². The van der Waals surface area contributed by atoms with Crippen LogP contribution in [0.2, 0.25) is 0 Å². The molecule has 0 radical (unpaired) electrons. The zero-order chi connectivity index (χ0) is 25.3. The molecule has 2 aliphatic heterocycles. The van der Waals surface area contributed by atoms with E-state index in [2.05, 4.69) is 45.2 Å². The van der Waals surface area contributed by atoms with Gasteiger partial charge in [-0.05, 0) is 48.1 Å². The Morgan fingerprint density at radius 2 is 1.89 bits per heavy atom. The number of halogens is 3. The summed E-state index contributed by atoms with van der Waals surface area (Å²) < 4.78 is 39.1. The lowest BCUT2D eigenvalue weighted by molar-refractivity contribution is -0.0819. The first-order chi connectivity index (χ1) is 17.3. The molecule has 36 heavy (non-hydrogen) atoms. The Balaban J connectivity index is 0.000000152. The maximum absolute atomic E-state index is 13.4. The molecular weight excluding hydrogens is 465 g/mol. The van der Waals surface area contributed by atoms with Gasteiger partial charge in [0.1, 0.15) is 6.61 Å². The van der Waals surface area contributed by atoms with E-state index in [1.807, 2.05) is 31.3 Å². The van der Waals surface area contributed by atoms with Gasteiger partial charge in [0.2, 0.25) is 0 Å². The average molecular weight is 499 g/mol. The number of fused-ring (bicyclic) bond motifs is 4. The number of aromatic nitrogens is 2. The average Bonchev–Trinajstić information content (AvgIpc) is 3.45. The monoisotopic (exact) mass is 498 g/mol. The van der Waals surface area contributed by atoms with Crippen molar-refractivity contribution in [1.82, 2.24) is 19.8 Å². The lowest BCUT2D eigenvalue weighted by Crippen LogP contribution is -2.46. The molecule has 1 unspecified atom stereocenters. The zero-order valence-electron chi connectivity index (χ0n) is 20.5. The van der Waals surface area contributed by atoms with Gasteiger partial charge in [0.15, 0.2) is 0 Å². The predicted molar refractivity (Wildman–Crippen MR) is 137 cm³/mol. The number of para-hydroxylation sites is 1. The van der Waals surface area contributed by atoms with Crippen LogP contribution in [0, 0.1) is 5.92 Å². The molecule has 2 aromatic heterocycles. The highest BCUT2D eigenvalue weighted by molar-refractivity contribution is 5.85. The third-order valence-electron chi connectivity index (χ3n) is 7.33. The molecule has 3 N–H and O–H groups in total. The van der Waals surface area contributed by atoms with Gasteiger partial charge >= 0.3 is 0 Å². The summed E-state index contributed by atoms with van der Waals surface area (Å²) in [4.78, 5) is 10.5. The molecule has 1 saturated heterocycles. The van der Waals surface area contributed by atoms with Crippen LogP contribution in [0.5, 0.6) is 0 Å². The van der Waals surface area contributed by atoms with Crippen LogP contribution in [0.1, 0.15) is 23.7 Å². The minimum atomic E-state index is -3.04. The maximum Gasteiger partial charge on any atom is 0.283 e. The van der Waals surface area contributed by atoms with E-state index in [0.29, 0.717) is 6.54 Å². The van der Waals surface area contributed by atoms with E-state index in [1.54, 1.807) is 4.90 Å². The number of rotatable bonds is 6. The van der Waals surface area contributed by atoms with E-state index in [0.717, 1.165) is 37.3 Å². The highest BCUT2D eigenvalue weighted by Gasteiger charge is 2.35. The van der Waals surface area contributed by atoms with Crippen molar-refractivity contribution in [3.05, 3.63) is 71.5 Å². The Morgan fingerprint density at radius 3 is 2.67 bits per heavy atom. The Kier molecular flexibility index (Phi) is 7.10. The Morgan fingerprint density at radius 1 is 1.08 bits per heavy atom. The normalized spacial score (nSPS) is 19.2. The van der Waals surface area contributed by atoms with Crippen molar-refractivity contribution < 1.29 is 18.3 Å². The van der Waals surface area contributed by atoms with Crippen LogP contribution in [0.15, 0.2) is 54.7 Å². The highest BCUT2D eigenvalue weighted by atomic mass is 19.3. The largest absolute Gasteiger partial charge is 0.390 e. The SMILES string of the molecule is CC1Cc2c([nH]c3ccccc23)CN1CC(F)(F)CO.FCC1CN(Cc2ccc3cc[nH]c3c2)C1. The predicted octanol–water partition coefficient (Wildman–Crippen LogP) is 5.11. The first-order valence-corrected chi connectivity index (χ1v) is 12.5. The molecule has 0 saturated carbocycles. The lowest BCUT2D eigenvalue weighted by Gasteiger charge is -2.37. The second-order valence-corrected chi connectivity index (χ2v) is 10.2. The number of hydrogen-bond donors (Lipinski definition) is 3. The number of aromatic amines is 2. The number of aliphatic hydroxyl groups is 1. The van der Waals surface area contributed by atoms with Gasteiger partial charge < -0.3 is 15.1 Å². The summed E-state index contributed by atoms with van der Waals surface area (Å²) in [6.45, 7) is 3.49. The molecule has 4 heterocycles. The van der Waals surface area contributed by atoms with Gasteiger partial charge in [-0.1, -0.05) is 30.3 Å². The van der Waals surface area contributed by atoms with E-state index < -0.39 is 19.1 Å². The fourth-order valence-corrected chi connectivity index (χ4v) is 5.32. The number of nitrogens with zero attached hydrogens (tertiary/aromatic N) is 2. The molecule has 2 aliphatic rings. The van der Waals surface area contributed by atoms with Crippen LogP contribution in [-0.2, 0) is 19.5 Å². The van der Waals surface area contributed by atoms with E-state index in [1.165, 1.54) is 27.4 Å². The number of likely N-dealkylation sites (tertiary alicyclic amines) is 1. The van der Waals surface area contributed by atoms with Crippen LogP contribution in [0.25, 0.3) is 21.8 Å². The van der Waals surface area contributed by atoms with Crippen molar-refractivity contribution in [2.45, 2.75) is 38.4 Å². The Bertz CT molecular complexity index is 1310. The summed E-state index contributed by atoms with van der Waals surface area (Å²) >= 11 is 0. The topological polar surface area (TPSA) is 58.3 Å². The van der Waals surface area contributed by atoms with Gasteiger partial charge in [-0.2, -0.15) is 0 Å². The van der Waals surface area contributed by atoms with Gasteiger partial charge in [0.25, 0.3) is 5.92 Å². The van der Waals surface area contributed by atoms with Crippen molar-refractivity contribution >= 4 is 21.8 Å². The standard InChI is InChI=1S/C15H18F2N2O.C13H15FN2/c1-10-6-12-11-4-2-3-5-13(11)18-14(12)7-19(10)8-15(16,17)9-20;14-6-11-8-16(9-11)7-10-1-2-12-3-4-15-13(12)5-10/h2-5,10,18,20H,6-9H2,1H3;1-5,11,15H,6-9H2. The van der Waals surface area contributed by atoms with Gasteiger partial charge in [-0.15, -0.1) is 0 Å². The minimum absolute atomic E-state index is 0.0409. The molecule has 5 nitrogen and oxygen atoms in total. The molecule has 0 spiro atoms. The third-order valence-corrected chi connectivity index (χ3v) is 7.33. The number of H-pyrrole nitrogens is 2. The summed E-state index contributed by atoms with van der Waals surface area (Å²) in [5, 5.41) is 11.2. The molecule has 4 aromatic rings. The van der Waals surface area contributed by atoms with Crippen molar-refractivity contribution in [1.29, 1.82) is 0 Å². The third kappa shape index (κ3) is 5.31. The summed E-state index contributed by atoms with van der Waals surface area (Å²) in [5.41, 5.74) is 5.78. The zero-order valence-corrected chi connectivity index (χ0v) is 20.5. The van der Waals surface area contributed by atoms with Crippen LogP contribution in [0.3, 0.4) is 0 Å². The molecule has 2 aromatic carbocycles. The van der Waals surface area contributed by atoms with Gasteiger partial charge in [0.05, 0.1) is 13.2 Å². The molecule has 0 amide bonds. The van der Waals surface area contributed by atoms with E-state index in [9.17, 15) is 13.2 Å². The first kappa shape index (κ1) is 24.9. The minimum Gasteiger partial charge on any atom is -0.390 e. The smallest absolute Gasteiger partial charge is 0.283 e. The van der Waals surface area contributed by atoms with Crippen LogP contribution < -0.4 is 0 Å². The molecule has 1 atom stereocenters. The molecule has 192 valence electrons. The van der Waals surface area contributed by atoms with E-state index >= 15 is 0 Å². The van der Waals surface area contributed by atoms with E-state index in [-0.39, 0.29) is 18.6 Å². The second-order valence-electron chi connectivity index (χ2n) is 10.2. The highest BCUT2D eigenvalue weighted by Crippen LogP contribution is 2.31. The Hall–Kier alpha value is -2.81. The Labute approximate surface area is 208 Å². The number of aliphatic hydroxyl groups excluding tert-OH is 1. The van der Waals surface area contributed by atoms with Crippen molar-refractivity contribution in [2.75, 3.05) is 32.9 Å². The molecule has 0 bridgehead atoms. The fraction of sp³-hybridized carbons (Fsp3) is 0.429. The van der Waals surface area contributed by atoms with Crippen molar-refractivity contribution in [3.63, 3.8) is 0 Å². The summed E-state index contributed by atoms with van der Waals surface area (Å²) in [6, 6.07) is 16.6. The quantitative estimate of drug-likeness (QED) is 0.346. The summed E-state index contributed by atoms with van der Waals surface area (Å²) in [7, 11) is 0. The van der Waals surface area contributed by atoms with Crippen LogP contribution >= 0.6 is 0 Å². The number of alkyl halides is 3. The summed E-state index contributed by atoms with van der Waals surface area (Å²) in [5.74, 6) is -2.77. The van der Waals surface area contributed by atoms with Crippen LogP contribution in [-0.4, -0.2) is 69.8 Å². The molecule has 6 rings (SSSR count). The number of hydrogen-bond acceptors (Lipinski definition) is 3. The lowest BCUT2D eigenvalue weighted by atomic mass is 9.97. The molecule has 1 fully saturated rings. The van der Waals surface area contributed by atoms with Gasteiger partial charge in [-0.25, -0.2) is 8.78 Å². The van der Waals surface area contributed by atoms with Crippen molar-refractivity contribution in [3.8, 4) is 0 Å². The first-order valence-electron chi connectivity index (χ1n) is 12.5. The van der Waals surface area contributed by atoms with Gasteiger partial charge in [-0.3, -0.25) is 14.2 Å². The second kappa shape index (κ2) is 10.3. The fourth-order valence-electron chi connectivity index (χ4n) is 5.32. The number of nitrogens with one attached hydrogen (secondary N) is 2.